The Balaban J connectivity index is 1.74. The molecule has 0 aliphatic rings. The summed E-state index contributed by atoms with van der Waals surface area (Å²) in [5.41, 5.74) is 3.28. The number of pyridine rings is 1. The van der Waals surface area contributed by atoms with Gasteiger partial charge in [0.15, 0.2) is 10.7 Å². The Morgan fingerprint density at radius 2 is 1.92 bits per heavy atom. The van der Waals surface area contributed by atoms with E-state index in [-0.39, 0.29) is 5.78 Å². The minimum absolute atomic E-state index is 0.0711. The van der Waals surface area contributed by atoms with Gasteiger partial charge in [-0.25, -0.2) is 4.98 Å². The molecule has 4 aromatic rings. The number of carbonyl (C=O) groups is 1. The SMILES string of the molecule is COc1ccc(-c2nc3sccn3c2/C=C/C(=O)c2ccncc2)cc1. The van der Waals surface area contributed by atoms with Crippen molar-refractivity contribution in [1.29, 1.82) is 0 Å². The van der Waals surface area contributed by atoms with E-state index in [4.69, 9.17) is 9.72 Å². The second-order valence-corrected chi connectivity index (χ2v) is 6.44. The zero-order chi connectivity index (χ0) is 17.9. The smallest absolute Gasteiger partial charge is 0.194 e. The number of methoxy groups -OCH3 is 1. The number of hydrogen-bond donors (Lipinski definition) is 0. The lowest BCUT2D eigenvalue weighted by Gasteiger charge is -2.03. The van der Waals surface area contributed by atoms with Crippen molar-refractivity contribution in [3.63, 3.8) is 0 Å². The van der Waals surface area contributed by atoms with Crippen LogP contribution in [0.2, 0.25) is 0 Å². The molecule has 3 aromatic heterocycles. The molecule has 0 saturated carbocycles. The highest BCUT2D eigenvalue weighted by atomic mass is 32.1. The lowest BCUT2D eigenvalue weighted by Crippen LogP contribution is -1.94. The number of ether oxygens (including phenoxy) is 1. The van der Waals surface area contributed by atoms with E-state index >= 15 is 0 Å². The lowest BCUT2D eigenvalue weighted by atomic mass is 10.1. The van der Waals surface area contributed by atoms with Crippen LogP contribution in [-0.4, -0.2) is 27.3 Å². The zero-order valence-corrected chi connectivity index (χ0v) is 14.8. The third-order valence-electron chi connectivity index (χ3n) is 4.02. The molecule has 3 heterocycles. The van der Waals surface area contributed by atoms with Crippen LogP contribution in [0.1, 0.15) is 16.1 Å². The maximum atomic E-state index is 12.4. The third-order valence-corrected chi connectivity index (χ3v) is 4.78. The van der Waals surface area contributed by atoms with Crippen LogP contribution in [0.3, 0.4) is 0 Å². The fourth-order valence-corrected chi connectivity index (χ4v) is 3.41. The number of fused-ring (bicyclic) bond motifs is 1. The van der Waals surface area contributed by atoms with Crippen molar-refractivity contribution in [2.24, 2.45) is 0 Å². The average molecular weight is 361 g/mol. The van der Waals surface area contributed by atoms with Crippen LogP contribution < -0.4 is 4.74 Å². The minimum atomic E-state index is -0.0711. The molecule has 4 rings (SSSR count). The molecule has 6 heteroatoms. The highest BCUT2D eigenvalue weighted by Crippen LogP contribution is 2.29. The molecular weight excluding hydrogens is 346 g/mol. The molecule has 0 amide bonds. The number of nitrogens with zero attached hydrogens (tertiary/aromatic N) is 3. The van der Waals surface area contributed by atoms with Gasteiger partial charge in [-0.1, -0.05) is 0 Å². The Morgan fingerprint density at radius 3 is 2.65 bits per heavy atom. The van der Waals surface area contributed by atoms with Crippen LogP contribution in [0, 0.1) is 0 Å². The topological polar surface area (TPSA) is 56.5 Å². The number of benzene rings is 1. The quantitative estimate of drug-likeness (QED) is 0.391. The van der Waals surface area contributed by atoms with Gasteiger partial charge in [0, 0.05) is 35.1 Å². The molecule has 0 spiro atoms. The fourth-order valence-electron chi connectivity index (χ4n) is 2.69. The van der Waals surface area contributed by atoms with Crippen molar-refractivity contribution < 1.29 is 9.53 Å². The maximum Gasteiger partial charge on any atom is 0.194 e. The molecule has 0 unspecified atom stereocenters. The summed E-state index contributed by atoms with van der Waals surface area (Å²) in [6.07, 6.45) is 8.56. The largest absolute Gasteiger partial charge is 0.497 e. The van der Waals surface area contributed by atoms with Gasteiger partial charge in [-0.05, 0) is 48.6 Å². The van der Waals surface area contributed by atoms with Crippen molar-refractivity contribution in [2.75, 3.05) is 7.11 Å². The first-order valence-corrected chi connectivity index (χ1v) is 8.86. The summed E-state index contributed by atoms with van der Waals surface area (Å²) in [5, 5.41) is 1.97. The maximum absolute atomic E-state index is 12.4. The van der Waals surface area contributed by atoms with Crippen molar-refractivity contribution in [1.82, 2.24) is 14.4 Å². The standard InChI is InChI=1S/C20H15N3O2S/c1-25-16-4-2-15(3-5-16)19-17(23-12-13-26-20(23)22-19)6-7-18(24)14-8-10-21-11-9-14/h2-13H,1H3/b7-6+. The van der Waals surface area contributed by atoms with E-state index in [0.717, 1.165) is 27.7 Å². The first kappa shape index (κ1) is 16.2. The number of allylic oxidation sites excluding steroid dienone is 1. The Hall–Kier alpha value is -3.25. The average Bonchev–Trinajstić information content (AvgIpc) is 3.28. The summed E-state index contributed by atoms with van der Waals surface area (Å²) >= 11 is 1.56. The molecule has 0 saturated heterocycles. The molecule has 0 aliphatic carbocycles. The highest BCUT2D eigenvalue weighted by molar-refractivity contribution is 7.15. The fraction of sp³-hybridized carbons (Fsp3) is 0.0500. The van der Waals surface area contributed by atoms with E-state index in [0.29, 0.717) is 5.56 Å². The van der Waals surface area contributed by atoms with Crippen molar-refractivity contribution in [3.8, 4) is 17.0 Å². The van der Waals surface area contributed by atoms with Crippen LogP contribution in [0.4, 0.5) is 0 Å². The summed E-state index contributed by atoms with van der Waals surface area (Å²) < 4.78 is 7.21. The van der Waals surface area contributed by atoms with E-state index < -0.39 is 0 Å². The highest BCUT2D eigenvalue weighted by Gasteiger charge is 2.13. The molecule has 0 atom stereocenters. The molecule has 128 valence electrons. The predicted molar refractivity (Wildman–Crippen MR) is 103 cm³/mol. The summed E-state index contributed by atoms with van der Waals surface area (Å²) in [4.78, 5) is 21.9. The molecule has 0 N–H and O–H groups in total. The molecule has 0 bridgehead atoms. The molecule has 0 fully saturated rings. The monoisotopic (exact) mass is 361 g/mol. The summed E-state index contributed by atoms with van der Waals surface area (Å²) in [6.45, 7) is 0. The minimum Gasteiger partial charge on any atom is -0.497 e. The Morgan fingerprint density at radius 1 is 1.15 bits per heavy atom. The van der Waals surface area contributed by atoms with Gasteiger partial charge in [-0.2, -0.15) is 0 Å². The number of carbonyl (C=O) groups excluding carboxylic acids is 1. The summed E-state index contributed by atoms with van der Waals surface area (Å²) in [5.74, 6) is 0.720. The number of hydrogen-bond acceptors (Lipinski definition) is 5. The predicted octanol–water partition coefficient (Wildman–Crippen LogP) is 4.36. The van der Waals surface area contributed by atoms with Crippen LogP contribution in [0.15, 0.2) is 66.4 Å². The number of ketones is 1. The van der Waals surface area contributed by atoms with Crippen LogP contribution in [0.5, 0.6) is 5.75 Å². The van der Waals surface area contributed by atoms with E-state index in [9.17, 15) is 4.79 Å². The zero-order valence-electron chi connectivity index (χ0n) is 14.0. The molecular formula is C20H15N3O2S. The molecule has 0 radical (unpaired) electrons. The Kier molecular flexibility index (Phi) is 4.33. The van der Waals surface area contributed by atoms with Gasteiger partial charge in [0.1, 0.15) is 5.75 Å². The van der Waals surface area contributed by atoms with Gasteiger partial charge in [0.05, 0.1) is 18.5 Å². The van der Waals surface area contributed by atoms with Gasteiger partial charge in [-0.15, -0.1) is 11.3 Å². The van der Waals surface area contributed by atoms with Crippen molar-refractivity contribution in [2.45, 2.75) is 0 Å². The van der Waals surface area contributed by atoms with Gasteiger partial charge >= 0.3 is 0 Å². The first-order valence-electron chi connectivity index (χ1n) is 7.98. The van der Waals surface area contributed by atoms with Crippen LogP contribution >= 0.6 is 11.3 Å². The number of rotatable bonds is 5. The van der Waals surface area contributed by atoms with Gasteiger partial charge in [0.25, 0.3) is 0 Å². The second kappa shape index (κ2) is 6.93. The van der Waals surface area contributed by atoms with Gasteiger partial charge in [-0.3, -0.25) is 14.2 Å². The Bertz CT molecular complexity index is 1080. The van der Waals surface area contributed by atoms with E-state index in [1.807, 2.05) is 46.3 Å². The van der Waals surface area contributed by atoms with Gasteiger partial charge in [0.2, 0.25) is 0 Å². The van der Waals surface area contributed by atoms with Crippen molar-refractivity contribution in [3.05, 3.63) is 77.7 Å². The third kappa shape index (κ3) is 3.02. The van der Waals surface area contributed by atoms with Gasteiger partial charge < -0.3 is 4.74 Å². The molecule has 1 aromatic carbocycles. The van der Waals surface area contributed by atoms with E-state index in [1.165, 1.54) is 0 Å². The number of imidazole rings is 1. The normalized spacial score (nSPS) is 11.3. The summed E-state index contributed by atoms with van der Waals surface area (Å²) in [7, 11) is 1.64. The second-order valence-electron chi connectivity index (χ2n) is 5.56. The van der Waals surface area contributed by atoms with Crippen molar-refractivity contribution >= 4 is 28.2 Å². The summed E-state index contributed by atoms with van der Waals surface area (Å²) in [6, 6.07) is 11.1. The molecule has 26 heavy (non-hydrogen) atoms. The lowest BCUT2D eigenvalue weighted by molar-refractivity contribution is 0.104. The van der Waals surface area contributed by atoms with Crippen LogP contribution in [0.25, 0.3) is 22.3 Å². The molecule has 5 nitrogen and oxygen atoms in total. The van der Waals surface area contributed by atoms with Crippen LogP contribution in [-0.2, 0) is 0 Å². The number of thiazole rings is 1. The van der Waals surface area contributed by atoms with E-state index in [2.05, 4.69) is 4.98 Å². The Labute approximate surface area is 154 Å². The first-order chi connectivity index (χ1) is 12.8. The number of aromatic nitrogens is 3. The van der Waals surface area contributed by atoms with E-state index in [1.54, 1.807) is 49.0 Å². The molecule has 0 aliphatic heterocycles.